The maximum atomic E-state index is 13.5. The number of nitrogens with two attached hydrogens (primary N) is 3. The van der Waals surface area contributed by atoms with Crippen molar-refractivity contribution in [3.8, 4) is 0 Å². The van der Waals surface area contributed by atoms with Crippen LogP contribution in [0.5, 0.6) is 0 Å². The molecule has 0 radical (unpaired) electrons. The van der Waals surface area contributed by atoms with Gasteiger partial charge in [-0.2, -0.15) is 20.4 Å². The first kappa shape index (κ1) is 37.3. The third kappa shape index (κ3) is 11.0. The Bertz CT molecular complexity index is 1890. The normalized spacial score (nSPS) is 12.0. The van der Waals surface area contributed by atoms with E-state index in [1.54, 1.807) is 83.3 Å². The fraction of sp³-hybridized carbons (Fsp3) is 0.156. The summed E-state index contributed by atoms with van der Waals surface area (Å²) in [6.45, 7) is 6.90. The van der Waals surface area contributed by atoms with Gasteiger partial charge in [0, 0.05) is 51.8 Å². The fourth-order valence-electron chi connectivity index (χ4n) is 4.30. The van der Waals surface area contributed by atoms with E-state index in [0.29, 0.717) is 56.5 Å². The second kappa shape index (κ2) is 17.2. The van der Waals surface area contributed by atoms with Crippen LogP contribution in [0, 0.1) is 16.2 Å². The number of anilines is 2. The summed E-state index contributed by atoms with van der Waals surface area (Å²) in [4.78, 5) is 26.9. The topological polar surface area (TPSA) is 305 Å². The lowest BCUT2D eigenvalue weighted by Crippen LogP contribution is -2.27. The molecule has 0 aliphatic rings. The van der Waals surface area contributed by atoms with Crippen LogP contribution in [0.4, 0.5) is 11.4 Å². The van der Waals surface area contributed by atoms with Crippen LogP contribution in [0.1, 0.15) is 70.7 Å². The average molecular weight is 681 g/mol. The van der Waals surface area contributed by atoms with Crippen LogP contribution in [-0.2, 0) is 0 Å². The summed E-state index contributed by atoms with van der Waals surface area (Å²) in [6, 6.07) is 16.6. The fourth-order valence-corrected chi connectivity index (χ4v) is 4.30. The molecular formula is C32H40N16O2. The van der Waals surface area contributed by atoms with Crippen molar-refractivity contribution in [3.05, 3.63) is 94.0 Å². The highest BCUT2D eigenvalue weighted by Crippen LogP contribution is 2.21. The van der Waals surface area contributed by atoms with Crippen molar-refractivity contribution in [2.75, 3.05) is 17.7 Å². The minimum Gasteiger partial charge on any atom is -0.369 e. The number of nitrogens with zero attached hydrogens (tertiary/aromatic N) is 4. The molecule has 3 aromatic carbocycles. The van der Waals surface area contributed by atoms with Gasteiger partial charge in [-0.05, 0) is 82.3 Å². The number of benzene rings is 3. The molecular weight excluding hydrogens is 640 g/mol. The number of carbonyl (C=O) groups is 2. The molecule has 0 heterocycles. The number of rotatable bonds is 12. The van der Waals surface area contributed by atoms with Crippen molar-refractivity contribution in [2.45, 2.75) is 27.7 Å². The Balaban J connectivity index is 1.93. The summed E-state index contributed by atoms with van der Waals surface area (Å²) in [5, 5.41) is 44.4. The monoisotopic (exact) mass is 680 g/mol. The maximum absolute atomic E-state index is 13.5. The number of nitrogens with one attached hydrogen (secondary N) is 9. The van der Waals surface area contributed by atoms with Crippen molar-refractivity contribution in [2.24, 2.45) is 37.6 Å². The molecule has 0 fully saturated rings. The van der Waals surface area contributed by atoms with Gasteiger partial charge in [0.1, 0.15) is 0 Å². The molecule has 3 rings (SSSR count). The van der Waals surface area contributed by atoms with Crippen LogP contribution in [0.3, 0.4) is 0 Å². The minimum absolute atomic E-state index is 0.210. The van der Waals surface area contributed by atoms with Crippen LogP contribution in [0.25, 0.3) is 0 Å². The first-order chi connectivity index (χ1) is 23.7. The van der Waals surface area contributed by atoms with Gasteiger partial charge in [-0.1, -0.05) is 6.07 Å². The second-order valence-electron chi connectivity index (χ2n) is 10.7. The van der Waals surface area contributed by atoms with Gasteiger partial charge in [0.05, 0.1) is 22.8 Å². The Kier molecular flexibility index (Phi) is 12.8. The van der Waals surface area contributed by atoms with E-state index in [2.05, 4.69) is 52.7 Å². The van der Waals surface area contributed by atoms with Gasteiger partial charge in [-0.25, -0.2) is 16.3 Å². The van der Waals surface area contributed by atoms with Crippen LogP contribution < -0.4 is 49.5 Å². The van der Waals surface area contributed by atoms with Crippen LogP contribution in [-0.4, -0.2) is 59.6 Å². The highest BCUT2D eigenvalue weighted by molar-refractivity contribution is 6.12. The standard InChI is InChI=1S/C32H40N16O2/c1-16(42-39-5)22-10-23(17(2)43-46-30(33)34)13-26(12-22)40-28(49)20-7-6-8-21(9-20)29(50)41-27-14-24(18(3)44-47-31(35)36)11-25(15-27)19(4)45-48-32(37)38/h6-15,39H,1-5H3,(H,40,49)(H,41,50)(H4,33,34,46)(H4,35,36,47)(H4,37,38,48)/b42-16-,43-17-,44-18-,45-19+. The highest BCUT2D eigenvalue weighted by atomic mass is 16.2. The van der Waals surface area contributed by atoms with E-state index in [1.165, 1.54) is 6.07 Å². The van der Waals surface area contributed by atoms with Crippen molar-refractivity contribution in [1.29, 1.82) is 16.2 Å². The van der Waals surface area contributed by atoms with E-state index in [-0.39, 0.29) is 29.0 Å². The molecule has 18 nitrogen and oxygen atoms in total. The Morgan fingerprint density at radius 3 is 1.12 bits per heavy atom. The maximum Gasteiger partial charge on any atom is 0.255 e. The average Bonchev–Trinajstić information content (AvgIpc) is 3.08. The molecule has 50 heavy (non-hydrogen) atoms. The Morgan fingerprint density at radius 1 is 0.520 bits per heavy atom. The molecule has 0 unspecified atom stereocenters. The highest BCUT2D eigenvalue weighted by Gasteiger charge is 2.15. The summed E-state index contributed by atoms with van der Waals surface area (Å²) in [5.74, 6) is -1.99. The van der Waals surface area contributed by atoms with Crippen molar-refractivity contribution < 1.29 is 9.59 Å². The lowest BCUT2D eigenvalue weighted by atomic mass is 10.0. The lowest BCUT2D eigenvalue weighted by Gasteiger charge is -2.13. The number of hydrogen-bond donors (Lipinski definition) is 12. The van der Waals surface area contributed by atoms with E-state index in [1.807, 2.05) is 6.07 Å². The number of guanidine groups is 3. The first-order valence-electron chi connectivity index (χ1n) is 14.8. The van der Waals surface area contributed by atoms with Gasteiger partial charge in [0.25, 0.3) is 11.8 Å². The quantitative estimate of drug-likeness (QED) is 0.0752. The zero-order valence-electron chi connectivity index (χ0n) is 28.1. The molecule has 0 atom stereocenters. The molecule has 0 spiro atoms. The van der Waals surface area contributed by atoms with Gasteiger partial charge < -0.3 is 33.3 Å². The Morgan fingerprint density at radius 2 is 0.820 bits per heavy atom. The molecule has 0 saturated heterocycles. The third-order valence-electron chi connectivity index (χ3n) is 6.75. The summed E-state index contributed by atoms with van der Waals surface area (Å²) in [7, 11) is 1.67. The minimum atomic E-state index is -0.497. The van der Waals surface area contributed by atoms with E-state index in [9.17, 15) is 9.59 Å². The Labute approximate surface area is 288 Å². The summed E-state index contributed by atoms with van der Waals surface area (Å²) in [5.41, 5.74) is 31.9. The predicted octanol–water partition coefficient (Wildman–Crippen LogP) is 1.76. The van der Waals surface area contributed by atoms with E-state index in [0.717, 1.165) is 0 Å². The molecule has 0 aliphatic heterocycles. The van der Waals surface area contributed by atoms with Crippen molar-refractivity contribution >= 4 is 63.9 Å². The molecule has 0 bridgehead atoms. The molecule has 0 aliphatic carbocycles. The zero-order chi connectivity index (χ0) is 37.0. The molecule has 3 aromatic rings. The second-order valence-corrected chi connectivity index (χ2v) is 10.7. The molecule has 18 heteroatoms. The number of hydrazone groups is 4. The van der Waals surface area contributed by atoms with Gasteiger partial charge in [-0.15, -0.1) is 0 Å². The van der Waals surface area contributed by atoms with Crippen LogP contribution in [0.2, 0.25) is 0 Å². The summed E-state index contributed by atoms with van der Waals surface area (Å²) in [6.07, 6.45) is 0. The SMILES string of the molecule is CN/N=C(/C)c1cc(NC(=O)c2cccc(C(=O)Nc3cc(/C(C)=N\NC(=N)N)cc(/C(C)=N/NC(=N)N)c3)c2)cc(/C(C)=N\NC(=N)N)c1. The van der Waals surface area contributed by atoms with E-state index in [4.69, 9.17) is 33.4 Å². The molecule has 0 aromatic heterocycles. The van der Waals surface area contributed by atoms with Crippen molar-refractivity contribution in [1.82, 2.24) is 21.7 Å². The summed E-state index contributed by atoms with van der Waals surface area (Å²) >= 11 is 0. The van der Waals surface area contributed by atoms with Gasteiger partial charge in [0.2, 0.25) is 17.9 Å². The third-order valence-corrected chi connectivity index (χ3v) is 6.75. The first-order valence-corrected chi connectivity index (χ1v) is 14.8. The predicted molar refractivity (Wildman–Crippen MR) is 198 cm³/mol. The molecule has 15 N–H and O–H groups in total. The largest absolute Gasteiger partial charge is 0.369 e. The summed E-state index contributed by atoms with van der Waals surface area (Å²) < 4.78 is 0. The smallest absolute Gasteiger partial charge is 0.255 e. The van der Waals surface area contributed by atoms with Crippen LogP contribution in [0.15, 0.2) is 81.1 Å². The lowest BCUT2D eigenvalue weighted by molar-refractivity contribution is 0.102. The van der Waals surface area contributed by atoms with E-state index >= 15 is 0 Å². The number of carbonyl (C=O) groups excluding carboxylic acids is 2. The van der Waals surface area contributed by atoms with Gasteiger partial charge >= 0.3 is 0 Å². The molecule has 2 amide bonds. The van der Waals surface area contributed by atoms with Gasteiger partial charge in [-0.3, -0.25) is 25.8 Å². The number of hydrogen-bond acceptors (Lipinski definition) is 10. The number of amides is 2. The molecule has 260 valence electrons. The van der Waals surface area contributed by atoms with Crippen LogP contribution >= 0.6 is 0 Å². The zero-order valence-corrected chi connectivity index (χ0v) is 28.1. The van der Waals surface area contributed by atoms with Crippen molar-refractivity contribution in [3.63, 3.8) is 0 Å². The molecule has 0 saturated carbocycles. The Hall–Kier alpha value is -7.11. The van der Waals surface area contributed by atoms with E-state index < -0.39 is 11.8 Å². The van der Waals surface area contributed by atoms with Gasteiger partial charge in [0.15, 0.2) is 0 Å².